The van der Waals surface area contributed by atoms with E-state index in [4.69, 9.17) is 16.6 Å². The molecule has 1 amide bonds. The van der Waals surface area contributed by atoms with Gasteiger partial charge in [-0.2, -0.15) is 5.10 Å². The van der Waals surface area contributed by atoms with Gasteiger partial charge in [0.05, 0.1) is 34.4 Å². The van der Waals surface area contributed by atoms with Gasteiger partial charge in [-0.1, -0.05) is 17.7 Å². The molecule has 2 N–H and O–H groups in total. The molecule has 5 rings (SSSR count). The lowest BCUT2D eigenvalue weighted by Gasteiger charge is -2.20. The number of rotatable bonds is 6. The first-order valence-corrected chi connectivity index (χ1v) is 14.5. The fourth-order valence-corrected chi connectivity index (χ4v) is 5.26. The van der Waals surface area contributed by atoms with Crippen LogP contribution in [0.4, 0.5) is 5.69 Å². The van der Waals surface area contributed by atoms with Crippen molar-refractivity contribution >= 4 is 55.0 Å². The standard InChI is InChI=1S/C27H26ClN7O4S/c1-14-10-18(15(2)29-21-8-9-22(28)30-24(21)26(36)33-40(5,38)39)23-19(11-14)27(37)35(4)25(31-23)16-6-7-20-17(12-16)13-34(3)32-20/h6-13,15,29H,1-5H3,(H,33,36)/t15-/m1/s1. The summed E-state index contributed by atoms with van der Waals surface area (Å²) in [5.41, 5.74) is 3.53. The highest BCUT2D eigenvalue weighted by Gasteiger charge is 2.22. The molecule has 0 fully saturated rings. The third-order valence-corrected chi connectivity index (χ3v) is 7.19. The Hall–Kier alpha value is -4.29. The lowest BCUT2D eigenvalue weighted by Crippen LogP contribution is -2.31. The summed E-state index contributed by atoms with van der Waals surface area (Å²) in [5, 5.41) is 9.03. The molecular weight excluding hydrogens is 554 g/mol. The van der Waals surface area contributed by atoms with Crippen LogP contribution in [0, 0.1) is 6.92 Å². The number of pyridine rings is 1. The first-order chi connectivity index (χ1) is 18.8. The van der Waals surface area contributed by atoms with E-state index in [2.05, 4.69) is 15.4 Å². The minimum absolute atomic E-state index is 0.0262. The number of nitrogens with zero attached hydrogens (tertiary/aromatic N) is 5. The highest BCUT2D eigenvalue weighted by Crippen LogP contribution is 2.30. The van der Waals surface area contributed by atoms with E-state index in [1.54, 1.807) is 23.9 Å². The van der Waals surface area contributed by atoms with Gasteiger partial charge >= 0.3 is 0 Å². The van der Waals surface area contributed by atoms with E-state index in [-0.39, 0.29) is 22.1 Å². The van der Waals surface area contributed by atoms with Crippen LogP contribution in [-0.4, -0.2) is 44.9 Å². The number of nitrogens with one attached hydrogen (secondary N) is 2. The van der Waals surface area contributed by atoms with Gasteiger partial charge in [0.25, 0.3) is 11.5 Å². The van der Waals surface area contributed by atoms with E-state index >= 15 is 0 Å². The highest BCUT2D eigenvalue weighted by atomic mass is 35.5. The molecule has 13 heteroatoms. The van der Waals surface area contributed by atoms with E-state index in [0.29, 0.717) is 22.3 Å². The zero-order valence-corrected chi connectivity index (χ0v) is 23.9. The van der Waals surface area contributed by atoms with Gasteiger partial charge < -0.3 is 5.32 Å². The number of benzene rings is 2. The molecule has 0 saturated heterocycles. The Morgan fingerprint density at radius 3 is 2.55 bits per heavy atom. The smallest absolute Gasteiger partial charge is 0.285 e. The molecule has 0 bridgehead atoms. The monoisotopic (exact) mass is 579 g/mol. The molecule has 0 aliphatic carbocycles. The number of anilines is 1. The molecule has 0 unspecified atom stereocenters. The molecule has 0 aliphatic heterocycles. The number of aryl methyl sites for hydroxylation is 2. The topological polar surface area (TPSA) is 141 Å². The maximum atomic E-state index is 13.5. The fraction of sp³-hybridized carbons (Fsp3) is 0.222. The van der Waals surface area contributed by atoms with Crippen molar-refractivity contribution in [3.05, 3.63) is 81.0 Å². The second-order valence-corrected chi connectivity index (χ2v) is 11.9. The Labute approximate surface area is 234 Å². The minimum Gasteiger partial charge on any atom is -0.377 e. The maximum absolute atomic E-state index is 13.5. The SMILES string of the molecule is Cc1cc([C@@H](C)Nc2ccc(Cl)nc2C(=O)NS(C)(=O)=O)c2nc(-c3ccc4nn(C)cc4c3)n(C)c(=O)c2c1. The average Bonchev–Trinajstić information content (AvgIpc) is 3.25. The van der Waals surface area contributed by atoms with Crippen molar-refractivity contribution in [1.82, 2.24) is 29.0 Å². The van der Waals surface area contributed by atoms with E-state index in [1.807, 2.05) is 56.1 Å². The predicted octanol–water partition coefficient (Wildman–Crippen LogP) is 3.71. The number of amides is 1. The second-order valence-electron chi connectivity index (χ2n) is 9.73. The van der Waals surface area contributed by atoms with Gasteiger partial charge in [-0.05, 0) is 55.8 Å². The number of fused-ring (bicyclic) bond motifs is 2. The third-order valence-electron chi connectivity index (χ3n) is 6.42. The van der Waals surface area contributed by atoms with Crippen molar-refractivity contribution < 1.29 is 13.2 Å². The Kier molecular flexibility index (Phi) is 6.84. The van der Waals surface area contributed by atoms with E-state index in [1.165, 1.54) is 10.6 Å². The van der Waals surface area contributed by atoms with Crippen LogP contribution in [0.1, 0.15) is 34.6 Å². The summed E-state index contributed by atoms with van der Waals surface area (Å²) in [6, 6.07) is 12.0. The molecule has 5 aromatic rings. The molecule has 0 radical (unpaired) electrons. The van der Waals surface area contributed by atoms with Gasteiger partial charge in [0, 0.05) is 36.8 Å². The molecule has 0 aliphatic rings. The summed E-state index contributed by atoms with van der Waals surface area (Å²) in [5.74, 6) is -0.434. The lowest BCUT2D eigenvalue weighted by molar-refractivity contribution is 0.0977. The Morgan fingerprint density at radius 2 is 1.82 bits per heavy atom. The Balaban J connectivity index is 1.62. The molecule has 2 aromatic carbocycles. The van der Waals surface area contributed by atoms with Gasteiger partial charge in [-0.15, -0.1) is 0 Å². The number of aromatic nitrogens is 5. The number of carbonyl (C=O) groups excluding carboxylic acids is 1. The Bertz CT molecular complexity index is 2000. The summed E-state index contributed by atoms with van der Waals surface area (Å²) in [7, 11) is -0.297. The summed E-state index contributed by atoms with van der Waals surface area (Å²) in [6.07, 6.45) is 2.77. The van der Waals surface area contributed by atoms with Crippen molar-refractivity contribution in [2.45, 2.75) is 19.9 Å². The van der Waals surface area contributed by atoms with Crippen LogP contribution in [0.5, 0.6) is 0 Å². The van der Waals surface area contributed by atoms with E-state index in [9.17, 15) is 18.0 Å². The summed E-state index contributed by atoms with van der Waals surface area (Å²) in [6.45, 7) is 3.73. The predicted molar refractivity (Wildman–Crippen MR) is 155 cm³/mol. The zero-order valence-electron chi connectivity index (χ0n) is 22.4. The fourth-order valence-electron chi connectivity index (χ4n) is 4.68. The van der Waals surface area contributed by atoms with Crippen molar-refractivity contribution in [1.29, 1.82) is 0 Å². The molecule has 3 heterocycles. The summed E-state index contributed by atoms with van der Waals surface area (Å²) >= 11 is 6.01. The van der Waals surface area contributed by atoms with Crippen LogP contribution in [0.25, 0.3) is 33.2 Å². The van der Waals surface area contributed by atoms with Crippen molar-refractivity contribution in [3.8, 4) is 11.4 Å². The average molecular weight is 580 g/mol. The number of hydrogen-bond donors (Lipinski definition) is 2. The van der Waals surface area contributed by atoms with Crippen molar-refractivity contribution in [2.75, 3.05) is 11.6 Å². The van der Waals surface area contributed by atoms with Gasteiger partial charge in [0.1, 0.15) is 11.0 Å². The minimum atomic E-state index is -3.83. The van der Waals surface area contributed by atoms with Crippen LogP contribution in [0.3, 0.4) is 0 Å². The summed E-state index contributed by atoms with van der Waals surface area (Å²) < 4.78 is 28.5. The molecule has 206 valence electrons. The zero-order chi connectivity index (χ0) is 28.9. The molecule has 3 aromatic heterocycles. The van der Waals surface area contributed by atoms with E-state index < -0.39 is 22.0 Å². The number of sulfonamides is 1. The molecule has 0 spiro atoms. The summed E-state index contributed by atoms with van der Waals surface area (Å²) in [4.78, 5) is 35.2. The highest BCUT2D eigenvalue weighted by molar-refractivity contribution is 7.89. The first-order valence-electron chi connectivity index (χ1n) is 12.2. The lowest BCUT2D eigenvalue weighted by atomic mass is 10.0. The first kappa shape index (κ1) is 27.3. The Morgan fingerprint density at radius 1 is 1.07 bits per heavy atom. The van der Waals surface area contributed by atoms with Crippen molar-refractivity contribution in [2.24, 2.45) is 14.1 Å². The van der Waals surface area contributed by atoms with Crippen LogP contribution >= 0.6 is 11.6 Å². The number of carbonyl (C=O) groups is 1. The number of hydrogen-bond acceptors (Lipinski definition) is 8. The second kappa shape index (κ2) is 10.0. The molecule has 1 atom stereocenters. The molecular formula is C27H26ClN7O4S. The molecule has 11 nitrogen and oxygen atoms in total. The molecule has 0 saturated carbocycles. The van der Waals surface area contributed by atoms with E-state index in [0.717, 1.165) is 28.3 Å². The van der Waals surface area contributed by atoms with Gasteiger partial charge in [0.2, 0.25) is 10.0 Å². The van der Waals surface area contributed by atoms with Crippen molar-refractivity contribution in [3.63, 3.8) is 0 Å². The normalized spacial score (nSPS) is 12.6. The van der Waals surface area contributed by atoms with Gasteiger partial charge in [-0.3, -0.25) is 18.8 Å². The van der Waals surface area contributed by atoms with Gasteiger partial charge in [0.15, 0.2) is 5.69 Å². The van der Waals surface area contributed by atoms with Crippen LogP contribution in [0.15, 0.2) is 53.5 Å². The molecule has 40 heavy (non-hydrogen) atoms. The van der Waals surface area contributed by atoms with Gasteiger partial charge in [-0.25, -0.2) is 23.1 Å². The quantitative estimate of drug-likeness (QED) is 0.290. The third kappa shape index (κ3) is 5.27. The van der Waals surface area contributed by atoms with Crippen LogP contribution in [0.2, 0.25) is 5.15 Å². The van der Waals surface area contributed by atoms with Crippen LogP contribution in [-0.2, 0) is 24.1 Å². The van der Waals surface area contributed by atoms with Crippen LogP contribution < -0.4 is 15.6 Å². The largest absolute Gasteiger partial charge is 0.377 e. The number of halogens is 1. The maximum Gasteiger partial charge on any atom is 0.285 e.